The zero-order valence-electron chi connectivity index (χ0n) is 15.1. The Hall–Kier alpha value is -2.69. The Labute approximate surface area is 153 Å². The van der Waals surface area contributed by atoms with Gasteiger partial charge in [-0.15, -0.1) is 0 Å². The molecule has 3 rings (SSSR count). The second kappa shape index (κ2) is 8.13. The van der Waals surface area contributed by atoms with Crippen LogP contribution in [0.4, 0.5) is 4.39 Å². The fourth-order valence-electron chi connectivity index (χ4n) is 2.90. The monoisotopic (exact) mass is 354 g/mol. The average Bonchev–Trinajstić information content (AvgIpc) is 3.11. The summed E-state index contributed by atoms with van der Waals surface area (Å²) in [6, 6.07) is 15.1. The molecule has 2 aromatic carbocycles. The summed E-state index contributed by atoms with van der Waals surface area (Å²) >= 11 is 0. The van der Waals surface area contributed by atoms with Crippen LogP contribution in [0.2, 0.25) is 0 Å². The van der Waals surface area contributed by atoms with Crippen LogP contribution in [0.25, 0.3) is 0 Å². The molecule has 0 aromatic heterocycles. The first kappa shape index (κ1) is 18.1. The fourth-order valence-corrected chi connectivity index (χ4v) is 2.90. The van der Waals surface area contributed by atoms with Crippen molar-refractivity contribution in [2.24, 2.45) is 5.16 Å². The van der Waals surface area contributed by atoms with Gasteiger partial charge in [-0.05, 0) is 30.5 Å². The highest BCUT2D eigenvalue weighted by Crippen LogP contribution is 2.21. The van der Waals surface area contributed by atoms with Gasteiger partial charge in [-0.2, -0.15) is 0 Å². The third kappa shape index (κ3) is 4.48. The number of aryl methyl sites for hydroxylation is 1. The van der Waals surface area contributed by atoms with E-state index in [1.165, 1.54) is 11.6 Å². The van der Waals surface area contributed by atoms with E-state index in [4.69, 9.17) is 4.84 Å². The van der Waals surface area contributed by atoms with Gasteiger partial charge in [-0.1, -0.05) is 47.6 Å². The Bertz CT molecular complexity index is 805. The van der Waals surface area contributed by atoms with Gasteiger partial charge in [0.05, 0.1) is 12.1 Å². The zero-order valence-corrected chi connectivity index (χ0v) is 15.1. The van der Waals surface area contributed by atoms with Gasteiger partial charge in [0.25, 0.3) is 0 Å². The van der Waals surface area contributed by atoms with Crippen molar-refractivity contribution in [2.45, 2.75) is 32.3 Å². The second-order valence-electron chi connectivity index (χ2n) is 6.69. The number of carbonyl (C=O) groups excluding carboxylic acids is 1. The van der Waals surface area contributed by atoms with Gasteiger partial charge in [0.2, 0.25) is 5.91 Å². The number of nitrogens with zero attached hydrogens (tertiary/aromatic N) is 2. The van der Waals surface area contributed by atoms with E-state index in [2.05, 4.69) is 17.3 Å². The molecule has 1 atom stereocenters. The van der Waals surface area contributed by atoms with Crippen LogP contribution in [0.1, 0.15) is 29.5 Å². The topological polar surface area (TPSA) is 41.9 Å². The lowest BCUT2D eigenvalue weighted by atomic mass is 10.0. The molecule has 26 heavy (non-hydrogen) atoms. The van der Waals surface area contributed by atoms with E-state index in [1.54, 1.807) is 24.9 Å². The number of oxime groups is 1. The van der Waals surface area contributed by atoms with Crippen molar-refractivity contribution < 1.29 is 14.0 Å². The zero-order chi connectivity index (χ0) is 18.5. The van der Waals surface area contributed by atoms with E-state index >= 15 is 0 Å². The molecule has 136 valence electrons. The largest absolute Gasteiger partial charge is 0.391 e. The minimum absolute atomic E-state index is 0.0254. The molecule has 1 amide bonds. The van der Waals surface area contributed by atoms with Gasteiger partial charge >= 0.3 is 0 Å². The van der Waals surface area contributed by atoms with E-state index in [-0.39, 0.29) is 24.2 Å². The average molecular weight is 354 g/mol. The van der Waals surface area contributed by atoms with Crippen LogP contribution >= 0.6 is 0 Å². The first-order valence-electron chi connectivity index (χ1n) is 8.80. The number of hydrogen-bond acceptors (Lipinski definition) is 3. The normalized spacial score (nSPS) is 16.1. The highest BCUT2D eigenvalue weighted by Gasteiger charge is 2.26. The molecule has 4 nitrogen and oxygen atoms in total. The number of hydrogen-bond donors (Lipinski definition) is 0. The molecule has 0 radical (unpaired) electrons. The molecule has 1 aliphatic heterocycles. The predicted molar refractivity (Wildman–Crippen MR) is 99.6 cm³/mol. The van der Waals surface area contributed by atoms with Crippen LogP contribution in [0.5, 0.6) is 0 Å². The lowest BCUT2D eigenvalue weighted by molar-refractivity contribution is -0.132. The molecule has 1 aliphatic rings. The lowest BCUT2D eigenvalue weighted by Gasteiger charge is -2.18. The van der Waals surface area contributed by atoms with Crippen molar-refractivity contribution in [2.75, 3.05) is 13.6 Å². The van der Waals surface area contributed by atoms with Gasteiger partial charge in [-0.25, -0.2) is 4.39 Å². The molecule has 0 aliphatic carbocycles. The summed E-state index contributed by atoms with van der Waals surface area (Å²) in [6.07, 6.45) is 1.31. The number of carbonyl (C=O) groups is 1. The van der Waals surface area contributed by atoms with Crippen LogP contribution in [-0.4, -0.2) is 36.2 Å². The van der Waals surface area contributed by atoms with Crippen molar-refractivity contribution in [1.29, 1.82) is 0 Å². The number of halogens is 1. The van der Waals surface area contributed by atoms with Crippen LogP contribution in [0.3, 0.4) is 0 Å². The van der Waals surface area contributed by atoms with Gasteiger partial charge in [-0.3, -0.25) is 4.79 Å². The molecule has 0 fully saturated rings. The van der Waals surface area contributed by atoms with Crippen LogP contribution in [-0.2, 0) is 16.1 Å². The van der Waals surface area contributed by atoms with Crippen LogP contribution < -0.4 is 0 Å². The molecule has 5 heteroatoms. The standard InChI is InChI=1S/C21H23FN2O2/c1-15-8-9-17(12-19(15)22)20-13-18(26-23-20)14-21(25)24(2)11-10-16-6-4-3-5-7-16/h3-9,12,18H,10-11,13-14H2,1-2H3. The van der Waals surface area contributed by atoms with Crippen molar-refractivity contribution in [1.82, 2.24) is 4.90 Å². The van der Waals surface area contributed by atoms with Crippen molar-refractivity contribution >= 4 is 11.6 Å². The third-order valence-corrected chi connectivity index (χ3v) is 4.64. The van der Waals surface area contributed by atoms with E-state index in [9.17, 15) is 9.18 Å². The van der Waals surface area contributed by atoms with Crippen molar-refractivity contribution in [3.63, 3.8) is 0 Å². The van der Waals surface area contributed by atoms with E-state index in [0.717, 1.165) is 6.42 Å². The van der Waals surface area contributed by atoms with E-state index in [1.807, 2.05) is 24.3 Å². The second-order valence-corrected chi connectivity index (χ2v) is 6.69. The fraction of sp³-hybridized carbons (Fsp3) is 0.333. The van der Waals surface area contributed by atoms with Crippen LogP contribution in [0.15, 0.2) is 53.7 Å². The SMILES string of the molecule is Cc1ccc(C2=NOC(CC(=O)N(C)CCc3ccccc3)C2)cc1F. The smallest absolute Gasteiger partial charge is 0.226 e. The first-order chi connectivity index (χ1) is 12.5. The molecular formula is C21H23FN2O2. The minimum atomic E-state index is -0.291. The maximum atomic E-state index is 13.7. The summed E-state index contributed by atoms with van der Waals surface area (Å²) in [6.45, 7) is 2.38. The summed E-state index contributed by atoms with van der Waals surface area (Å²) in [5, 5.41) is 4.04. The van der Waals surface area contributed by atoms with E-state index < -0.39 is 0 Å². The van der Waals surface area contributed by atoms with Gasteiger partial charge < -0.3 is 9.74 Å². The summed E-state index contributed by atoms with van der Waals surface area (Å²) in [5.74, 6) is -0.233. The van der Waals surface area contributed by atoms with Gasteiger partial charge in [0, 0.05) is 25.6 Å². The molecular weight excluding hydrogens is 331 g/mol. The third-order valence-electron chi connectivity index (χ3n) is 4.64. The summed E-state index contributed by atoms with van der Waals surface area (Å²) < 4.78 is 13.7. The van der Waals surface area contributed by atoms with Crippen molar-refractivity contribution in [3.05, 3.63) is 71.0 Å². The number of amides is 1. The van der Waals surface area contributed by atoms with Crippen LogP contribution in [0, 0.1) is 12.7 Å². The number of rotatable bonds is 6. The molecule has 0 saturated heterocycles. The van der Waals surface area contributed by atoms with E-state index in [0.29, 0.717) is 29.8 Å². The number of likely N-dealkylation sites (N-methyl/N-ethyl adjacent to an activating group) is 1. The maximum Gasteiger partial charge on any atom is 0.226 e. The Morgan fingerprint density at radius 3 is 2.77 bits per heavy atom. The number of benzene rings is 2. The molecule has 2 aromatic rings. The highest BCUT2D eigenvalue weighted by molar-refractivity contribution is 6.01. The molecule has 1 heterocycles. The Morgan fingerprint density at radius 2 is 2.04 bits per heavy atom. The molecule has 0 spiro atoms. The Kier molecular flexibility index (Phi) is 5.66. The molecule has 0 saturated carbocycles. The minimum Gasteiger partial charge on any atom is -0.391 e. The quantitative estimate of drug-likeness (QED) is 0.793. The maximum absolute atomic E-state index is 13.7. The first-order valence-corrected chi connectivity index (χ1v) is 8.80. The predicted octanol–water partition coefficient (Wildman–Crippen LogP) is 3.72. The lowest BCUT2D eigenvalue weighted by Crippen LogP contribution is -2.31. The van der Waals surface area contributed by atoms with Gasteiger partial charge in [0.1, 0.15) is 11.9 Å². The summed E-state index contributed by atoms with van der Waals surface area (Å²) in [7, 11) is 1.80. The molecule has 0 bridgehead atoms. The van der Waals surface area contributed by atoms with Gasteiger partial charge in [0.15, 0.2) is 0 Å². The highest BCUT2D eigenvalue weighted by atomic mass is 19.1. The molecule has 0 N–H and O–H groups in total. The van der Waals surface area contributed by atoms with Crippen molar-refractivity contribution in [3.8, 4) is 0 Å². The summed E-state index contributed by atoms with van der Waals surface area (Å²) in [4.78, 5) is 19.5. The Balaban J connectivity index is 1.49. The molecule has 1 unspecified atom stereocenters. The summed E-state index contributed by atoms with van der Waals surface area (Å²) in [5.41, 5.74) is 3.20. The Morgan fingerprint density at radius 1 is 1.27 bits per heavy atom.